The molecule has 2 aromatic rings. The molecule has 0 radical (unpaired) electrons. The van der Waals surface area contributed by atoms with Gasteiger partial charge in [-0.15, -0.1) is 0 Å². The van der Waals surface area contributed by atoms with Crippen molar-refractivity contribution in [1.29, 1.82) is 0 Å². The molecular formula is C20H15BrN2O5S. The number of nitrogens with zero attached hydrogens (tertiary/aromatic N) is 2. The topological polar surface area (TPSA) is 89.8 Å². The van der Waals surface area contributed by atoms with Gasteiger partial charge in [0.25, 0.3) is 16.8 Å². The predicted molar refractivity (Wildman–Crippen MR) is 114 cm³/mol. The minimum atomic E-state index is -0.503. The number of carbonyl (C=O) groups excluding carboxylic acids is 2. The van der Waals surface area contributed by atoms with Crippen LogP contribution in [-0.4, -0.2) is 27.6 Å². The number of benzene rings is 2. The van der Waals surface area contributed by atoms with Crippen LogP contribution in [0.4, 0.5) is 10.5 Å². The number of nitro benzene ring substituents is 1. The lowest BCUT2D eigenvalue weighted by Crippen LogP contribution is -2.27. The van der Waals surface area contributed by atoms with Crippen molar-refractivity contribution in [1.82, 2.24) is 4.90 Å². The summed E-state index contributed by atoms with van der Waals surface area (Å²) in [5, 5.41) is 10.4. The van der Waals surface area contributed by atoms with E-state index in [0.717, 1.165) is 21.1 Å². The molecule has 0 saturated carbocycles. The van der Waals surface area contributed by atoms with Crippen LogP contribution in [0.5, 0.6) is 5.75 Å². The zero-order chi connectivity index (χ0) is 21.0. The van der Waals surface area contributed by atoms with E-state index in [1.807, 2.05) is 6.07 Å². The molecule has 0 bridgehead atoms. The number of hydrogen-bond acceptors (Lipinski definition) is 6. The molecule has 0 N–H and O–H groups in total. The largest absolute Gasteiger partial charge is 0.489 e. The summed E-state index contributed by atoms with van der Waals surface area (Å²) < 4.78 is 6.41. The van der Waals surface area contributed by atoms with Crippen molar-refractivity contribution in [2.45, 2.75) is 6.54 Å². The quantitative estimate of drug-likeness (QED) is 0.238. The Labute approximate surface area is 179 Å². The number of thioether (sulfide) groups is 1. The molecule has 0 unspecified atom stereocenters. The molecule has 0 spiro atoms. The first kappa shape index (κ1) is 20.8. The van der Waals surface area contributed by atoms with Crippen LogP contribution in [-0.2, 0) is 11.3 Å². The third-order valence-electron chi connectivity index (χ3n) is 3.98. The van der Waals surface area contributed by atoms with E-state index in [1.165, 1.54) is 24.3 Å². The highest BCUT2D eigenvalue weighted by Crippen LogP contribution is 2.35. The average molecular weight is 475 g/mol. The Morgan fingerprint density at radius 3 is 2.59 bits per heavy atom. The van der Waals surface area contributed by atoms with Gasteiger partial charge in [0.05, 0.1) is 16.4 Å². The molecule has 2 aromatic carbocycles. The number of hydrogen-bond donors (Lipinski definition) is 0. The molecule has 9 heteroatoms. The molecule has 0 aliphatic carbocycles. The summed E-state index contributed by atoms with van der Waals surface area (Å²) >= 11 is 4.23. The fraction of sp³-hybridized carbons (Fsp3) is 0.100. The summed E-state index contributed by atoms with van der Waals surface area (Å²) in [6.07, 6.45) is 3.23. The maximum Gasteiger partial charge on any atom is 0.293 e. The van der Waals surface area contributed by atoms with Crippen molar-refractivity contribution in [2.24, 2.45) is 0 Å². The fourth-order valence-corrected chi connectivity index (χ4v) is 3.80. The number of amides is 2. The van der Waals surface area contributed by atoms with Gasteiger partial charge in [0, 0.05) is 22.2 Å². The molecule has 1 fully saturated rings. The number of nitro groups is 1. The van der Waals surface area contributed by atoms with E-state index in [2.05, 4.69) is 22.5 Å². The molecule has 3 rings (SSSR count). The van der Waals surface area contributed by atoms with Crippen molar-refractivity contribution in [3.63, 3.8) is 0 Å². The van der Waals surface area contributed by atoms with Crippen molar-refractivity contribution in [2.75, 3.05) is 6.61 Å². The van der Waals surface area contributed by atoms with Crippen LogP contribution < -0.4 is 4.74 Å². The molecule has 1 aliphatic rings. The van der Waals surface area contributed by atoms with Gasteiger partial charge in [-0.2, -0.15) is 0 Å². The maximum atomic E-state index is 12.7. The standard InChI is InChI=1S/C20H15BrN2O5S/c1-2-9-28-17-8-5-15(21)10-14(17)11-18-19(24)22(20(25)29-18)12-13-3-6-16(7-4-13)23(26)27/h2-8,10-11H,1,9,12H2. The first-order chi connectivity index (χ1) is 13.9. The summed E-state index contributed by atoms with van der Waals surface area (Å²) in [6, 6.07) is 11.1. The molecule has 29 heavy (non-hydrogen) atoms. The number of halogens is 1. The maximum absolute atomic E-state index is 12.7. The van der Waals surface area contributed by atoms with Crippen molar-refractivity contribution in [3.05, 3.63) is 85.7 Å². The minimum Gasteiger partial charge on any atom is -0.489 e. The molecular weight excluding hydrogens is 460 g/mol. The molecule has 1 aliphatic heterocycles. The fourth-order valence-electron chi connectivity index (χ4n) is 2.60. The van der Waals surface area contributed by atoms with E-state index in [-0.39, 0.29) is 17.1 Å². The summed E-state index contributed by atoms with van der Waals surface area (Å²) in [7, 11) is 0. The van der Waals surface area contributed by atoms with Crippen LogP contribution >= 0.6 is 27.7 Å². The Bertz CT molecular complexity index is 1020. The van der Waals surface area contributed by atoms with Crippen LogP contribution in [0.15, 0.2) is 64.5 Å². The van der Waals surface area contributed by atoms with Gasteiger partial charge >= 0.3 is 0 Å². The van der Waals surface area contributed by atoms with Crippen LogP contribution in [0.3, 0.4) is 0 Å². The van der Waals surface area contributed by atoms with Crippen molar-refractivity contribution >= 4 is 50.6 Å². The van der Waals surface area contributed by atoms with Gasteiger partial charge in [0.1, 0.15) is 12.4 Å². The van der Waals surface area contributed by atoms with E-state index >= 15 is 0 Å². The van der Waals surface area contributed by atoms with Crippen LogP contribution in [0.2, 0.25) is 0 Å². The highest BCUT2D eigenvalue weighted by atomic mass is 79.9. The minimum absolute atomic E-state index is 0.0400. The molecule has 0 atom stereocenters. The Hall–Kier alpha value is -2.91. The average Bonchev–Trinajstić information content (AvgIpc) is 2.95. The lowest BCUT2D eigenvalue weighted by molar-refractivity contribution is -0.384. The van der Waals surface area contributed by atoms with E-state index in [0.29, 0.717) is 23.5 Å². The van der Waals surface area contributed by atoms with Crippen LogP contribution in [0.1, 0.15) is 11.1 Å². The summed E-state index contributed by atoms with van der Waals surface area (Å²) in [5.41, 5.74) is 1.23. The molecule has 7 nitrogen and oxygen atoms in total. The predicted octanol–water partition coefficient (Wildman–Crippen LogP) is 5.16. The lowest BCUT2D eigenvalue weighted by Gasteiger charge is -2.12. The number of non-ortho nitro benzene ring substituents is 1. The van der Waals surface area contributed by atoms with E-state index in [4.69, 9.17) is 4.74 Å². The van der Waals surface area contributed by atoms with Gasteiger partial charge < -0.3 is 4.74 Å². The van der Waals surface area contributed by atoms with E-state index in [9.17, 15) is 19.7 Å². The normalized spacial score (nSPS) is 15.1. The van der Waals surface area contributed by atoms with Crippen LogP contribution in [0, 0.1) is 10.1 Å². The zero-order valence-corrected chi connectivity index (χ0v) is 17.4. The Morgan fingerprint density at radius 2 is 1.93 bits per heavy atom. The number of ether oxygens (including phenoxy) is 1. The van der Waals surface area contributed by atoms with Gasteiger partial charge in [0.15, 0.2) is 0 Å². The Kier molecular flexibility index (Phi) is 6.50. The third-order valence-corrected chi connectivity index (χ3v) is 5.38. The molecule has 1 saturated heterocycles. The summed E-state index contributed by atoms with van der Waals surface area (Å²) in [6.45, 7) is 3.97. The lowest BCUT2D eigenvalue weighted by atomic mass is 10.1. The number of imide groups is 1. The monoisotopic (exact) mass is 474 g/mol. The van der Waals surface area contributed by atoms with Gasteiger partial charge in [-0.3, -0.25) is 24.6 Å². The van der Waals surface area contributed by atoms with Crippen molar-refractivity contribution < 1.29 is 19.2 Å². The van der Waals surface area contributed by atoms with Gasteiger partial charge in [0.2, 0.25) is 0 Å². The Balaban J connectivity index is 1.82. The number of carbonyl (C=O) groups is 2. The Morgan fingerprint density at radius 1 is 1.21 bits per heavy atom. The van der Waals surface area contributed by atoms with Gasteiger partial charge in [-0.05, 0) is 41.6 Å². The second-order valence-electron chi connectivity index (χ2n) is 5.97. The SMILES string of the molecule is C=CCOc1ccc(Br)cc1C=C1SC(=O)N(Cc2ccc([N+](=O)[O-])cc2)C1=O. The van der Waals surface area contributed by atoms with Gasteiger partial charge in [-0.1, -0.05) is 40.7 Å². The molecule has 1 heterocycles. The van der Waals surface area contributed by atoms with E-state index < -0.39 is 16.1 Å². The smallest absolute Gasteiger partial charge is 0.293 e. The van der Waals surface area contributed by atoms with E-state index in [1.54, 1.807) is 24.3 Å². The molecule has 148 valence electrons. The third kappa shape index (κ3) is 4.93. The van der Waals surface area contributed by atoms with Crippen LogP contribution in [0.25, 0.3) is 6.08 Å². The first-order valence-electron chi connectivity index (χ1n) is 8.41. The highest BCUT2D eigenvalue weighted by molar-refractivity contribution is 9.10. The number of rotatable bonds is 7. The molecule has 0 aromatic heterocycles. The summed E-state index contributed by atoms with van der Waals surface area (Å²) in [4.78, 5) is 36.7. The zero-order valence-electron chi connectivity index (χ0n) is 15.0. The second-order valence-corrected chi connectivity index (χ2v) is 7.88. The molecule has 2 amide bonds. The highest BCUT2D eigenvalue weighted by Gasteiger charge is 2.35. The van der Waals surface area contributed by atoms with Crippen molar-refractivity contribution in [3.8, 4) is 5.75 Å². The van der Waals surface area contributed by atoms with Gasteiger partial charge in [-0.25, -0.2) is 0 Å². The first-order valence-corrected chi connectivity index (χ1v) is 10.0. The second kappa shape index (κ2) is 9.06. The summed E-state index contributed by atoms with van der Waals surface area (Å²) in [5.74, 6) is 0.142.